The van der Waals surface area contributed by atoms with Gasteiger partial charge < -0.3 is 38.8 Å². The molecule has 1 amide bonds. The van der Waals surface area contributed by atoms with E-state index in [1.807, 2.05) is 6.07 Å². The second-order valence-electron chi connectivity index (χ2n) is 18.7. The van der Waals surface area contributed by atoms with E-state index in [4.69, 9.17) is 23.7 Å². The largest absolute Gasteiger partial charge is 0.456 e. The van der Waals surface area contributed by atoms with Crippen LogP contribution in [0.4, 0.5) is 0 Å². The molecule has 0 unspecified atom stereocenters. The molecule has 12 atom stereocenters. The first-order valence-electron chi connectivity index (χ1n) is 21.8. The molecule has 0 spiro atoms. The number of rotatable bonds is 9. The molecular formula is C50H55NO13. The van der Waals surface area contributed by atoms with Crippen molar-refractivity contribution in [3.05, 3.63) is 119 Å². The van der Waals surface area contributed by atoms with Gasteiger partial charge in [-0.1, -0.05) is 80.6 Å². The normalized spacial score (nSPS) is 35.1. The highest BCUT2D eigenvalue weighted by atomic mass is 16.6. The highest BCUT2D eigenvalue weighted by molar-refractivity contribution is 5.96. The zero-order valence-corrected chi connectivity index (χ0v) is 37.0. The van der Waals surface area contributed by atoms with Gasteiger partial charge in [-0.25, -0.2) is 9.59 Å². The maximum atomic E-state index is 15.7. The van der Waals surface area contributed by atoms with Crippen LogP contribution >= 0.6 is 0 Å². The van der Waals surface area contributed by atoms with Crippen molar-refractivity contribution in [1.82, 2.24) is 4.90 Å². The fourth-order valence-corrected chi connectivity index (χ4v) is 11.6. The Bertz CT molecular complexity index is 2380. The van der Waals surface area contributed by atoms with Gasteiger partial charge in [-0.05, 0) is 68.7 Å². The van der Waals surface area contributed by atoms with Gasteiger partial charge in [0.25, 0.3) is 5.91 Å². The Morgan fingerprint density at radius 1 is 0.859 bits per heavy atom. The third-order valence-electron chi connectivity index (χ3n) is 14.8. The molecule has 338 valence electrons. The van der Waals surface area contributed by atoms with Crippen molar-refractivity contribution in [1.29, 1.82) is 0 Å². The van der Waals surface area contributed by atoms with Crippen LogP contribution in [0.25, 0.3) is 0 Å². The molecular weight excluding hydrogens is 823 g/mol. The molecule has 2 N–H and O–H groups in total. The van der Waals surface area contributed by atoms with E-state index in [1.165, 1.54) is 37.8 Å². The van der Waals surface area contributed by atoms with Gasteiger partial charge in [0.1, 0.15) is 41.7 Å². The Labute approximate surface area is 371 Å². The van der Waals surface area contributed by atoms with Crippen molar-refractivity contribution in [3.63, 3.8) is 0 Å². The molecule has 3 aromatic carbocycles. The van der Waals surface area contributed by atoms with Crippen LogP contribution in [0.5, 0.6) is 0 Å². The van der Waals surface area contributed by atoms with Gasteiger partial charge in [0.15, 0.2) is 11.7 Å². The Morgan fingerprint density at radius 2 is 1.45 bits per heavy atom. The number of esters is 3. The first-order chi connectivity index (χ1) is 30.3. The molecule has 2 saturated heterocycles. The predicted octanol–water partition coefficient (Wildman–Crippen LogP) is 5.50. The number of benzene rings is 3. The van der Waals surface area contributed by atoms with Gasteiger partial charge >= 0.3 is 17.9 Å². The van der Waals surface area contributed by atoms with Crippen molar-refractivity contribution in [2.45, 2.75) is 122 Å². The molecule has 2 aliphatic heterocycles. The van der Waals surface area contributed by atoms with Gasteiger partial charge in [0.05, 0.1) is 35.6 Å². The van der Waals surface area contributed by atoms with Gasteiger partial charge in [0, 0.05) is 43.1 Å². The minimum Gasteiger partial charge on any atom is -0.456 e. The maximum Gasteiger partial charge on any atom is 0.338 e. The van der Waals surface area contributed by atoms with Crippen LogP contribution in [0.1, 0.15) is 100 Å². The van der Waals surface area contributed by atoms with E-state index in [9.17, 15) is 34.2 Å². The molecule has 0 radical (unpaired) electrons. The molecule has 64 heavy (non-hydrogen) atoms. The van der Waals surface area contributed by atoms with E-state index in [1.54, 1.807) is 100 Å². The van der Waals surface area contributed by atoms with Gasteiger partial charge in [-0.3, -0.25) is 19.2 Å². The number of ketones is 2. The molecule has 14 nitrogen and oxygen atoms in total. The predicted molar refractivity (Wildman–Crippen MR) is 228 cm³/mol. The van der Waals surface area contributed by atoms with E-state index < -0.39 is 107 Å². The number of nitrogens with zero attached hydrogens (tertiary/aromatic N) is 1. The van der Waals surface area contributed by atoms with Crippen molar-refractivity contribution >= 4 is 35.4 Å². The van der Waals surface area contributed by atoms with Crippen LogP contribution in [0.3, 0.4) is 0 Å². The quantitative estimate of drug-likeness (QED) is 0.156. The van der Waals surface area contributed by atoms with E-state index in [0.717, 1.165) is 0 Å². The Hall–Kier alpha value is -5.54. The van der Waals surface area contributed by atoms with Crippen molar-refractivity contribution in [2.24, 2.45) is 22.7 Å². The van der Waals surface area contributed by atoms with Crippen LogP contribution in [0.2, 0.25) is 0 Å². The van der Waals surface area contributed by atoms with Crippen molar-refractivity contribution in [3.8, 4) is 0 Å². The molecule has 2 saturated carbocycles. The summed E-state index contributed by atoms with van der Waals surface area (Å²) < 4.78 is 31.4. The standard InChI is InChI=1S/C50H55NO13/c1-27(52)23-34-38-28(2)35(62-46(58)40-39(31-17-11-8-12-18-31)51(29(3)61-40)44(56)32-19-13-9-14-20-32)25-50(59,47(38,5)6)43(63-45(57)33-21-15-10-16-22-33)41-48(7,42(34)55)36(54)24-37-49(41,26-60-37)64-30(4)53/h8-22,29,34-37,39-41,43,54,59H,23-26H2,1-7H3/t29-,34-,35+,36+,37-,39+,40-,41+,43+,48-,49+,50-/m1/s1. The topological polar surface area (TPSA) is 192 Å². The highest BCUT2D eigenvalue weighted by Gasteiger charge is 2.78. The van der Waals surface area contributed by atoms with E-state index in [2.05, 4.69) is 0 Å². The maximum absolute atomic E-state index is 15.7. The van der Waals surface area contributed by atoms with E-state index in [-0.39, 0.29) is 42.3 Å². The molecule has 4 fully saturated rings. The number of hydrogen-bond acceptors (Lipinski definition) is 13. The summed E-state index contributed by atoms with van der Waals surface area (Å²) in [7, 11) is 0. The van der Waals surface area contributed by atoms with Crippen molar-refractivity contribution in [2.75, 3.05) is 6.61 Å². The van der Waals surface area contributed by atoms with E-state index in [0.29, 0.717) is 16.7 Å². The van der Waals surface area contributed by atoms with Crippen LogP contribution in [-0.2, 0) is 42.9 Å². The number of aliphatic hydroxyl groups excluding tert-OH is 1. The average molecular weight is 878 g/mol. The first kappa shape index (κ1) is 45.0. The summed E-state index contributed by atoms with van der Waals surface area (Å²) in [5, 5.41) is 26.1. The lowest BCUT2D eigenvalue weighted by Crippen LogP contribution is -2.81. The fourth-order valence-electron chi connectivity index (χ4n) is 11.6. The number of aliphatic hydroxyl groups is 2. The average Bonchev–Trinajstić information content (AvgIpc) is 3.61. The number of carbonyl (C=O) groups is 6. The SMILES string of the molecule is CC(=O)C[C@H]1C(=O)[C@@]2(C)[C@H]([C@H](OC(=O)c3ccccc3)[C@]3(O)C[C@H](OC(=O)[C@@H]4O[C@H](C)N(C(=O)c5ccccc5)[C@H]4c4ccccc4)C(C)=C1C3(C)C)[C@]1(OC(C)=O)CO[C@@H]1C[C@@H]2O. The smallest absolute Gasteiger partial charge is 0.338 e. The highest BCUT2D eigenvalue weighted by Crippen LogP contribution is 2.65. The van der Waals surface area contributed by atoms with Crippen molar-refractivity contribution < 1.29 is 62.7 Å². The summed E-state index contributed by atoms with van der Waals surface area (Å²) in [5.74, 6) is -6.53. The number of ether oxygens (including phenoxy) is 5. The molecule has 3 aromatic rings. The minimum atomic E-state index is -2.26. The minimum absolute atomic E-state index is 0.118. The summed E-state index contributed by atoms with van der Waals surface area (Å²) in [5.41, 5.74) is -5.60. The Morgan fingerprint density at radius 3 is 2.02 bits per heavy atom. The monoisotopic (exact) mass is 877 g/mol. The summed E-state index contributed by atoms with van der Waals surface area (Å²) in [6.45, 7) is 10.5. The van der Waals surface area contributed by atoms with E-state index >= 15 is 4.79 Å². The van der Waals surface area contributed by atoms with Crippen LogP contribution in [0, 0.1) is 22.7 Å². The van der Waals surface area contributed by atoms with Crippen LogP contribution in [0.15, 0.2) is 102 Å². The van der Waals surface area contributed by atoms with Crippen LogP contribution < -0.4 is 0 Å². The second-order valence-corrected chi connectivity index (χ2v) is 18.7. The molecule has 0 aromatic heterocycles. The lowest BCUT2D eigenvalue weighted by Gasteiger charge is -2.67. The zero-order chi connectivity index (χ0) is 46.1. The number of Topliss-reactive ketones (excluding diaryl/α,β-unsaturated/α-hetero) is 2. The zero-order valence-electron chi connectivity index (χ0n) is 37.0. The second kappa shape index (κ2) is 16.5. The Kier molecular flexibility index (Phi) is 11.6. The third kappa shape index (κ3) is 7.00. The lowest BCUT2D eigenvalue weighted by molar-refractivity contribution is -0.345. The van der Waals surface area contributed by atoms with Gasteiger partial charge in [0.2, 0.25) is 0 Å². The van der Waals surface area contributed by atoms with Crippen LogP contribution in [-0.4, -0.2) is 105 Å². The first-order valence-corrected chi connectivity index (χ1v) is 21.8. The number of amides is 1. The summed E-state index contributed by atoms with van der Waals surface area (Å²) in [6, 6.07) is 24.6. The number of hydrogen-bond donors (Lipinski definition) is 2. The molecule has 2 bridgehead atoms. The summed E-state index contributed by atoms with van der Waals surface area (Å²) in [4.78, 5) is 87.0. The third-order valence-corrected chi connectivity index (χ3v) is 14.8. The lowest BCUT2D eigenvalue weighted by atomic mass is 9.43. The molecule has 8 rings (SSSR count). The summed E-state index contributed by atoms with van der Waals surface area (Å²) >= 11 is 0. The number of fused-ring (bicyclic) bond motifs is 5. The summed E-state index contributed by atoms with van der Waals surface area (Å²) in [6.07, 6.45) is -8.61. The number of carbonyl (C=O) groups excluding carboxylic acids is 6. The Balaban J connectivity index is 1.29. The molecule has 2 heterocycles. The molecule has 5 aliphatic rings. The molecule has 14 heteroatoms. The molecule has 3 aliphatic carbocycles. The van der Waals surface area contributed by atoms with Gasteiger partial charge in [-0.15, -0.1) is 0 Å². The van der Waals surface area contributed by atoms with Gasteiger partial charge in [-0.2, -0.15) is 0 Å². The fraction of sp³-hybridized carbons (Fsp3) is 0.480.